The van der Waals surface area contributed by atoms with Crippen LogP contribution < -0.4 is 0 Å². The van der Waals surface area contributed by atoms with Crippen LogP contribution in [0.1, 0.15) is 0 Å². The van der Waals surface area contributed by atoms with Crippen molar-refractivity contribution in [2.45, 2.75) is 0 Å². The second kappa shape index (κ2) is 7.54. The summed E-state index contributed by atoms with van der Waals surface area (Å²) in [5.74, 6) is -9.65. The van der Waals surface area contributed by atoms with Gasteiger partial charge in [-0.15, -0.1) is 0 Å². The minimum atomic E-state index is -2.14. The van der Waals surface area contributed by atoms with E-state index in [9.17, 15) is 22.0 Å². The topological polar surface area (TPSA) is 0 Å². The Morgan fingerprint density at radius 1 is 0.435 bits per heavy atom. The molecule has 3 aromatic rings. The summed E-state index contributed by atoms with van der Waals surface area (Å²) >= 11 is 0. The number of rotatable bonds is 1. The Hall–Kier alpha value is -2.69. The lowest BCUT2D eigenvalue weighted by atomic mass is 10.1. The molecule has 0 saturated carbocycles. The van der Waals surface area contributed by atoms with Crippen LogP contribution in [0, 0.1) is 29.1 Å². The summed E-state index contributed by atoms with van der Waals surface area (Å²) in [7, 11) is 0. The average Bonchev–Trinajstić information content (AvgIpc) is 2.60. The lowest BCUT2D eigenvalue weighted by Gasteiger charge is -1.98. The maximum atomic E-state index is 12.0. The van der Waals surface area contributed by atoms with Crippen molar-refractivity contribution in [3.8, 4) is 11.1 Å². The molecule has 0 saturated heterocycles. The zero-order chi connectivity index (χ0) is 16.8. The van der Waals surface area contributed by atoms with Crippen LogP contribution in [0.4, 0.5) is 22.0 Å². The van der Waals surface area contributed by atoms with Crippen molar-refractivity contribution in [1.82, 2.24) is 0 Å². The van der Waals surface area contributed by atoms with Crippen LogP contribution in [-0.4, -0.2) is 0 Å². The quantitative estimate of drug-likeness (QED) is 0.305. The highest BCUT2D eigenvalue weighted by Gasteiger charge is 2.18. The lowest BCUT2D eigenvalue weighted by Crippen LogP contribution is -1.98. The van der Waals surface area contributed by atoms with E-state index in [4.69, 9.17) is 0 Å². The van der Waals surface area contributed by atoms with Crippen LogP contribution in [0.2, 0.25) is 0 Å². The van der Waals surface area contributed by atoms with Crippen molar-refractivity contribution >= 4 is 0 Å². The fraction of sp³-hybridized carbons (Fsp3) is 0. The standard InChI is InChI=1S/C12H10.C6HF5/c1-3-7-11(8-4-1)12-9-5-2-6-10-12;7-2-1-3(8)5(10)6(11)4(2)9/h1-10H;1H. The molecule has 0 spiro atoms. The predicted octanol–water partition coefficient (Wildman–Crippen LogP) is 5.74. The van der Waals surface area contributed by atoms with Crippen molar-refractivity contribution in [2.24, 2.45) is 0 Å². The molecule has 0 aliphatic rings. The summed E-state index contributed by atoms with van der Waals surface area (Å²) in [6, 6.07) is 20.7. The molecule has 3 rings (SSSR count). The van der Waals surface area contributed by atoms with Crippen molar-refractivity contribution in [3.05, 3.63) is 95.8 Å². The van der Waals surface area contributed by atoms with Gasteiger partial charge in [0.25, 0.3) is 0 Å². The van der Waals surface area contributed by atoms with E-state index < -0.39 is 29.1 Å². The van der Waals surface area contributed by atoms with Gasteiger partial charge in [-0.3, -0.25) is 0 Å². The maximum absolute atomic E-state index is 12.0. The Balaban J connectivity index is 0.000000168. The number of halogens is 5. The Labute approximate surface area is 129 Å². The summed E-state index contributed by atoms with van der Waals surface area (Å²) < 4.78 is 60.0. The molecule has 0 aliphatic carbocycles. The summed E-state index contributed by atoms with van der Waals surface area (Å²) in [5, 5.41) is 0. The minimum Gasteiger partial charge on any atom is -0.204 e. The Bertz CT molecular complexity index is 707. The van der Waals surface area contributed by atoms with Gasteiger partial charge in [-0.2, -0.15) is 0 Å². The van der Waals surface area contributed by atoms with E-state index in [1.54, 1.807) is 0 Å². The maximum Gasteiger partial charge on any atom is 0.200 e. The highest BCUT2D eigenvalue weighted by molar-refractivity contribution is 5.62. The molecule has 0 amide bonds. The van der Waals surface area contributed by atoms with Gasteiger partial charge >= 0.3 is 0 Å². The van der Waals surface area contributed by atoms with Crippen LogP contribution in [0.15, 0.2) is 66.7 Å². The molecule has 0 heterocycles. The van der Waals surface area contributed by atoms with Gasteiger partial charge in [0.2, 0.25) is 5.82 Å². The highest BCUT2D eigenvalue weighted by Crippen LogP contribution is 2.17. The normalized spacial score (nSPS) is 9.96. The minimum absolute atomic E-state index is 0.0618. The van der Waals surface area contributed by atoms with Crippen LogP contribution in [0.5, 0.6) is 0 Å². The monoisotopic (exact) mass is 322 g/mol. The third kappa shape index (κ3) is 4.16. The van der Waals surface area contributed by atoms with E-state index in [-0.39, 0.29) is 6.07 Å². The summed E-state index contributed by atoms with van der Waals surface area (Å²) in [4.78, 5) is 0. The predicted molar refractivity (Wildman–Crippen MR) is 78.1 cm³/mol. The molecule has 0 bridgehead atoms. The van der Waals surface area contributed by atoms with E-state index >= 15 is 0 Å². The van der Waals surface area contributed by atoms with Gasteiger partial charge in [-0.1, -0.05) is 60.7 Å². The fourth-order valence-electron chi connectivity index (χ4n) is 1.81. The third-order valence-electron chi connectivity index (χ3n) is 2.94. The number of hydrogen-bond donors (Lipinski definition) is 0. The molecular formula is C18H11F5. The molecule has 23 heavy (non-hydrogen) atoms. The first-order valence-electron chi connectivity index (χ1n) is 6.59. The molecule has 118 valence electrons. The van der Waals surface area contributed by atoms with Gasteiger partial charge in [0.05, 0.1) is 0 Å². The lowest BCUT2D eigenvalue weighted by molar-refractivity contribution is 0.378. The van der Waals surface area contributed by atoms with Crippen molar-refractivity contribution < 1.29 is 22.0 Å². The molecule has 0 radical (unpaired) electrons. The molecule has 0 nitrogen and oxygen atoms in total. The SMILES string of the molecule is Fc1cc(F)c(F)c(F)c1F.c1ccc(-c2ccccc2)cc1. The third-order valence-corrected chi connectivity index (χ3v) is 2.94. The van der Waals surface area contributed by atoms with Crippen molar-refractivity contribution in [3.63, 3.8) is 0 Å². The fourth-order valence-corrected chi connectivity index (χ4v) is 1.81. The van der Waals surface area contributed by atoms with Gasteiger partial charge in [0.15, 0.2) is 23.3 Å². The first-order chi connectivity index (χ1) is 11.0. The Kier molecular flexibility index (Phi) is 5.46. The molecule has 0 unspecified atom stereocenters. The van der Waals surface area contributed by atoms with Crippen molar-refractivity contribution in [2.75, 3.05) is 0 Å². The second-order valence-corrected chi connectivity index (χ2v) is 4.51. The Morgan fingerprint density at radius 2 is 0.783 bits per heavy atom. The van der Waals surface area contributed by atoms with Gasteiger partial charge in [-0.25, -0.2) is 22.0 Å². The van der Waals surface area contributed by atoms with Crippen LogP contribution in [0.25, 0.3) is 11.1 Å². The van der Waals surface area contributed by atoms with E-state index in [2.05, 4.69) is 48.5 Å². The summed E-state index contributed by atoms with van der Waals surface area (Å²) in [6.45, 7) is 0. The molecule has 0 aliphatic heterocycles. The largest absolute Gasteiger partial charge is 0.204 e. The number of hydrogen-bond acceptors (Lipinski definition) is 0. The van der Waals surface area contributed by atoms with Gasteiger partial charge in [0.1, 0.15) is 0 Å². The van der Waals surface area contributed by atoms with Gasteiger partial charge < -0.3 is 0 Å². The molecule has 0 atom stereocenters. The van der Waals surface area contributed by atoms with Crippen LogP contribution >= 0.6 is 0 Å². The number of benzene rings is 3. The molecule has 3 aromatic carbocycles. The van der Waals surface area contributed by atoms with Crippen LogP contribution in [0.3, 0.4) is 0 Å². The first-order valence-corrected chi connectivity index (χ1v) is 6.59. The van der Waals surface area contributed by atoms with E-state index in [0.717, 1.165) is 0 Å². The smallest absolute Gasteiger partial charge is 0.200 e. The van der Waals surface area contributed by atoms with E-state index in [1.807, 2.05) is 12.1 Å². The highest BCUT2D eigenvalue weighted by atomic mass is 19.2. The molecule has 0 fully saturated rings. The molecule has 0 N–H and O–H groups in total. The zero-order valence-corrected chi connectivity index (χ0v) is 11.7. The average molecular weight is 322 g/mol. The second-order valence-electron chi connectivity index (χ2n) is 4.51. The molecule has 0 aromatic heterocycles. The van der Waals surface area contributed by atoms with Gasteiger partial charge in [-0.05, 0) is 11.1 Å². The molecular weight excluding hydrogens is 311 g/mol. The van der Waals surface area contributed by atoms with E-state index in [0.29, 0.717) is 0 Å². The zero-order valence-electron chi connectivity index (χ0n) is 11.7. The molecule has 5 heteroatoms. The van der Waals surface area contributed by atoms with Crippen LogP contribution in [-0.2, 0) is 0 Å². The van der Waals surface area contributed by atoms with Gasteiger partial charge in [0, 0.05) is 6.07 Å². The van der Waals surface area contributed by atoms with E-state index in [1.165, 1.54) is 11.1 Å². The summed E-state index contributed by atoms with van der Waals surface area (Å²) in [6.07, 6.45) is 0. The first kappa shape index (κ1) is 16.7. The Morgan fingerprint density at radius 3 is 1.13 bits per heavy atom. The van der Waals surface area contributed by atoms with Crippen molar-refractivity contribution in [1.29, 1.82) is 0 Å². The summed E-state index contributed by atoms with van der Waals surface area (Å²) in [5.41, 5.74) is 2.55.